The molecule has 0 aliphatic carbocycles. The van der Waals surface area contributed by atoms with Gasteiger partial charge in [-0.2, -0.15) is 43.9 Å². The van der Waals surface area contributed by atoms with E-state index in [0.29, 0.717) is 12.8 Å². The number of hydrogen-bond acceptors (Lipinski definition) is 0. The quantitative estimate of drug-likeness (QED) is 0.115. The fourth-order valence-corrected chi connectivity index (χ4v) is 3.51. The highest BCUT2D eigenvalue weighted by molar-refractivity contribution is 14.1. The summed E-state index contributed by atoms with van der Waals surface area (Å²) in [7, 11) is 0. The smallest absolute Gasteiger partial charge is 0.226 e. The third-order valence-electron chi connectivity index (χ3n) is 4.37. The van der Waals surface area contributed by atoms with E-state index in [4.69, 9.17) is 0 Å². The molecule has 0 amide bonds. The molecule has 3 unspecified atom stereocenters. The van der Waals surface area contributed by atoms with Gasteiger partial charge in [-0.3, -0.25) is 0 Å². The Morgan fingerprint density at radius 3 is 1.48 bits per heavy atom. The van der Waals surface area contributed by atoms with Crippen molar-refractivity contribution < 1.29 is 48.3 Å². The minimum atomic E-state index is -7.20. The van der Waals surface area contributed by atoms with Gasteiger partial charge in [0.05, 0.1) is 0 Å². The maximum atomic E-state index is 14.5. The average Bonchev–Trinajstić information content (AvgIpc) is 2.50. The molecule has 0 nitrogen and oxygen atoms in total. The third-order valence-corrected chi connectivity index (χ3v) is 6.07. The molecule has 0 N–H and O–H groups in total. The van der Waals surface area contributed by atoms with Crippen molar-refractivity contribution in [1.29, 1.82) is 0 Å². The Morgan fingerprint density at radius 2 is 1.11 bits per heavy atom. The van der Waals surface area contributed by atoms with Crippen LogP contribution in [0.5, 0.6) is 0 Å². The lowest BCUT2D eigenvalue weighted by Crippen LogP contribution is -2.70. The predicted octanol–water partition coefficient (Wildman–Crippen LogP) is 7.89. The zero-order valence-corrected chi connectivity index (χ0v) is 16.6. The summed E-state index contributed by atoms with van der Waals surface area (Å²) in [6.45, 7) is 2.16. The van der Waals surface area contributed by atoms with E-state index in [1.54, 1.807) is 0 Å². The van der Waals surface area contributed by atoms with E-state index in [2.05, 4.69) is 0 Å². The summed E-state index contributed by atoms with van der Waals surface area (Å²) in [5.41, 5.74) is -6.06. The molecule has 0 spiro atoms. The van der Waals surface area contributed by atoms with Crippen molar-refractivity contribution in [1.82, 2.24) is 0 Å². The van der Waals surface area contributed by atoms with Gasteiger partial charge in [-0.15, -0.1) is 0 Å². The average molecular weight is 536 g/mol. The zero-order chi connectivity index (χ0) is 21.9. The van der Waals surface area contributed by atoms with Crippen molar-refractivity contribution in [2.24, 2.45) is 5.92 Å². The first-order valence-electron chi connectivity index (χ1n) is 8.11. The first kappa shape index (κ1) is 27.0. The Hall–Kier alpha value is -0.0400. The lowest BCUT2D eigenvalue weighted by Gasteiger charge is -2.43. The maximum absolute atomic E-state index is 14.5. The highest BCUT2D eigenvalue weighted by atomic mass is 127. The summed E-state index contributed by atoms with van der Waals surface area (Å²) >= 11 is 1.18. The minimum Gasteiger partial charge on any atom is -0.226 e. The lowest BCUT2D eigenvalue weighted by atomic mass is 9.78. The van der Waals surface area contributed by atoms with Crippen molar-refractivity contribution in [3.63, 3.8) is 0 Å². The van der Waals surface area contributed by atoms with Gasteiger partial charge in [0.1, 0.15) is 0 Å². The molecule has 164 valence electrons. The van der Waals surface area contributed by atoms with E-state index < -0.39 is 39.7 Å². The summed E-state index contributed by atoms with van der Waals surface area (Å²) in [5.74, 6) is -17.1. The van der Waals surface area contributed by atoms with Crippen molar-refractivity contribution in [2.75, 3.05) is 0 Å². The topological polar surface area (TPSA) is 0 Å². The van der Waals surface area contributed by atoms with Crippen LogP contribution in [0.2, 0.25) is 0 Å². The molecular formula is C15H20F11I. The van der Waals surface area contributed by atoms with Crippen LogP contribution >= 0.6 is 22.6 Å². The molecule has 0 bridgehead atoms. The SMILES string of the molecule is CCCCCCCC(I)C(C)C(F)(C(F)(F)F)C(F)(F)C(F)(F)C(F)(F)F. The third kappa shape index (κ3) is 5.31. The fraction of sp³-hybridized carbons (Fsp3) is 1.00. The molecule has 3 atom stereocenters. The molecule has 0 aromatic heterocycles. The molecule has 27 heavy (non-hydrogen) atoms. The van der Waals surface area contributed by atoms with Crippen LogP contribution in [0.1, 0.15) is 52.4 Å². The molecule has 12 heteroatoms. The van der Waals surface area contributed by atoms with Crippen molar-refractivity contribution in [2.45, 2.75) is 86.2 Å². The van der Waals surface area contributed by atoms with Crippen LogP contribution in [0, 0.1) is 5.92 Å². The van der Waals surface area contributed by atoms with Gasteiger partial charge in [0, 0.05) is 9.84 Å². The maximum Gasteiger partial charge on any atom is 0.460 e. The Labute approximate surface area is 163 Å². The molecule has 0 aromatic carbocycles. The van der Waals surface area contributed by atoms with Gasteiger partial charge in [0.2, 0.25) is 0 Å². The molecule has 0 radical (unpaired) electrons. The van der Waals surface area contributed by atoms with Crippen LogP contribution < -0.4 is 0 Å². The second-order valence-corrected chi connectivity index (χ2v) is 7.96. The monoisotopic (exact) mass is 536 g/mol. The molecule has 0 aliphatic rings. The molecular weight excluding hydrogens is 516 g/mol. The molecule has 0 aromatic rings. The summed E-state index contributed by atoms with van der Waals surface area (Å²) in [6, 6.07) is 0. The van der Waals surface area contributed by atoms with Crippen LogP contribution in [0.3, 0.4) is 0 Å². The molecule has 0 fully saturated rings. The number of alkyl halides is 12. The Bertz CT molecular complexity index is 458. The first-order chi connectivity index (χ1) is 11.9. The molecule has 0 saturated carbocycles. The van der Waals surface area contributed by atoms with Gasteiger partial charge in [0.25, 0.3) is 5.67 Å². The van der Waals surface area contributed by atoms with Crippen LogP contribution in [-0.4, -0.2) is 33.8 Å². The minimum absolute atomic E-state index is 0.202. The zero-order valence-electron chi connectivity index (χ0n) is 14.4. The van der Waals surface area contributed by atoms with Crippen LogP contribution in [0.15, 0.2) is 0 Å². The van der Waals surface area contributed by atoms with Crippen molar-refractivity contribution >= 4 is 22.6 Å². The molecule has 0 aliphatic heterocycles. The molecule has 0 rings (SSSR count). The first-order valence-corrected chi connectivity index (χ1v) is 9.36. The lowest BCUT2D eigenvalue weighted by molar-refractivity contribution is -0.418. The van der Waals surface area contributed by atoms with Gasteiger partial charge < -0.3 is 0 Å². The second kappa shape index (κ2) is 9.19. The van der Waals surface area contributed by atoms with Gasteiger partial charge in [-0.1, -0.05) is 68.5 Å². The summed E-state index contributed by atoms with van der Waals surface area (Å²) in [6.07, 6.45) is -10.9. The van der Waals surface area contributed by atoms with E-state index in [-0.39, 0.29) is 19.8 Å². The van der Waals surface area contributed by atoms with Crippen molar-refractivity contribution in [3.05, 3.63) is 0 Å². The summed E-state index contributed by atoms with van der Waals surface area (Å²) in [5, 5.41) is 0. The van der Waals surface area contributed by atoms with Gasteiger partial charge in [0.15, 0.2) is 0 Å². The fourth-order valence-electron chi connectivity index (χ4n) is 2.57. The van der Waals surface area contributed by atoms with Gasteiger partial charge in [-0.25, -0.2) is 4.39 Å². The van der Waals surface area contributed by atoms with E-state index >= 15 is 0 Å². The normalized spacial score (nSPS) is 18.9. The number of hydrogen-bond donors (Lipinski definition) is 0. The Balaban J connectivity index is 5.77. The van der Waals surface area contributed by atoms with E-state index in [9.17, 15) is 48.3 Å². The summed E-state index contributed by atoms with van der Waals surface area (Å²) in [4.78, 5) is 0. The number of halogens is 12. The molecule has 0 heterocycles. The van der Waals surface area contributed by atoms with Crippen molar-refractivity contribution in [3.8, 4) is 0 Å². The van der Waals surface area contributed by atoms with E-state index in [1.807, 2.05) is 6.92 Å². The number of unbranched alkanes of at least 4 members (excludes halogenated alkanes) is 4. The van der Waals surface area contributed by atoms with Crippen LogP contribution in [0.4, 0.5) is 48.3 Å². The molecule has 0 saturated heterocycles. The highest BCUT2D eigenvalue weighted by Gasteiger charge is 2.87. The largest absolute Gasteiger partial charge is 0.460 e. The highest BCUT2D eigenvalue weighted by Crippen LogP contribution is 2.60. The van der Waals surface area contributed by atoms with Crippen LogP contribution in [0.25, 0.3) is 0 Å². The van der Waals surface area contributed by atoms with Gasteiger partial charge >= 0.3 is 24.2 Å². The van der Waals surface area contributed by atoms with Crippen LogP contribution in [-0.2, 0) is 0 Å². The number of rotatable bonds is 10. The Morgan fingerprint density at radius 1 is 0.667 bits per heavy atom. The predicted molar refractivity (Wildman–Crippen MR) is 86.2 cm³/mol. The standard InChI is InChI=1S/C15H20F11I/c1-3-4-5-6-7-8-10(27)9(2)11(16,14(21,22)23)12(17,18)13(19,20)15(24,25)26/h9-10H,3-8H2,1-2H3. The van der Waals surface area contributed by atoms with E-state index in [0.717, 1.165) is 12.8 Å². The summed E-state index contributed by atoms with van der Waals surface area (Å²) < 4.78 is 143. The van der Waals surface area contributed by atoms with E-state index in [1.165, 1.54) is 22.6 Å². The van der Waals surface area contributed by atoms with Gasteiger partial charge in [-0.05, 0) is 6.42 Å². The Kier molecular flexibility index (Phi) is 9.17. The second-order valence-electron chi connectivity index (χ2n) is 6.36.